The number of halogens is 2. The molecule has 0 aliphatic heterocycles. The van der Waals surface area contributed by atoms with E-state index >= 15 is 0 Å². The van der Waals surface area contributed by atoms with E-state index in [0.29, 0.717) is 22.5 Å². The van der Waals surface area contributed by atoms with Crippen LogP contribution in [-0.2, 0) is 11.2 Å². The van der Waals surface area contributed by atoms with Crippen LogP contribution in [0.3, 0.4) is 0 Å². The van der Waals surface area contributed by atoms with Gasteiger partial charge in [0.05, 0.1) is 16.7 Å². The summed E-state index contributed by atoms with van der Waals surface area (Å²) >= 11 is 12.0. The highest BCUT2D eigenvalue weighted by atomic mass is 35.5. The van der Waals surface area contributed by atoms with Crippen molar-refractivity contribution >= 4 is 40.5 Å². The molecule has 20 heavy (non-hydrogen) atoms. The first-order valence-corrected chi connectivity index (χ1v) is 6.82. The first kappa shape index (κ1) is 14.9. The summed E-state index contributed by atoms with van der Waals surface area (Å²) in [4.78, 5) is 4.16. The van der Waals surface area contributed by atoms with E-state index in [0.717, 1.165) is 17.7 Å². The van der Waals surface area contributed by atoms with Crippen LogP contribution in [0, 0.1) is 0 Å². The lowest BCUT2D eigenvalue weighted by Crippen LogP contribution is -2.03. The molecule has 106 valence electrons. The predicted octanol–water partition coefficient (Wildman–Crippen LogP) is 3.90. The summed E-state index contributed by atoms with van der Waals surface area (Å²) in [5.74, 6) is 0.728. The Labute approximate surface area is 127 Å². The fourth-order valence-electron chi connectivity index (χ4n) is 1.77. The molecular formula is C14H15Cl2N3O. The molecule has 0 spiro atoms. The summed E-state index contributed by atoms with van der Waals surface area (Å²) in [5.41, 5.74) is 7.73. The van der Waals surface area contributed by atoms with Gasteiger partial charge in [-0.2, -0.15) is 0 Å². The van der Waals surface area contributed by atoms with E-state index in [9.17, 15) is 0 Å². The summed E-state index contributed by atoms with van der Waals surface area (Å²) in [7, 11) is 1.67. The topological polar surface area (TPSA) is 60.2 Å². The number of anilines is 3. The first-order chi connectivity index (χ1) is 9.61. The molecule has 0 fully saturated rings. The molecule has 0 saturated heterocycles. The fourth-order valence-corrected chi connectivity index (χ4v) is 2.17. The van der Waals surface area contributed by atoms with Crippen molar-refractivity contribution in [2.24, 2.45) is 0 Å². The van der Waals surface area contributed by atoms with Crippen molar-refractivity contribution in [3.8, 4) is 0 Å². The van der Waals surface area contributed by atoms with Gasteiger partial charge in [-0.3, -0.25) is 0 Å². The van der Waals surface area contributed by atoms with Gasteiger partial charge in [0.15, 0.2) is 5.82 Å². The lowest BCUT2D eigenvalue weighted by molar-refractivity contribution is 0.202. The highest BCUT2D eigenvalue weighted by Gasteiger charge is 2.09. The molecule has 4 nitrogen and oxygen atoms in total. The maximum Gasteiger partial charge on any atom is 0.151 e. The van der Waals surface area contributed by atoms with E-state index in [1.807, 2.05) is 24.3 Å². The highest BCUT2D eigenvalue weighted by molar-refractivity contribution is 6.37. The Morgan fingerprint density at radius 2 is 2.00 bits per heavy atom. The summed E-state index contributed by atoms with van der Waals surface area (Å²) in [6.45, 7) is 0.641. The van der Waals surface area contributed by atoms with E-state index in [4.69, 9.17) is 33.7 Å². The van der Waals surface area contributed by atoms with Crippen LogP contribution in [0.4, 0.5) is 17.3 Å². The second-order valence-corrected chi connectivity index (χ2v) is 5.03. The first-order valence-electron chi connectivity index (χ1n) is 6.07. The van der Waals surface area contributed by atoms with Crippen molar-refractivity contribution in [1.82, 2.24) is 4.98 Å². The molecule has 0 bridgehead atoms. The number of aromatic nitrogens is 1. The summed E-state index contributed by atoms with van der Waals surface area (Å²) in [6, 6.07) is 9.46. The largest absolute Gasteiger partial charge is 0.384 e. The van der Waals surface area contributed by atoms with Gasteiger partial charge in [-0.1, -0.05) is 41.4 Å². The Morgan fingerprint density at radius 1 is 1.25 bits per heavy atom. The van der Waals surface area contributed by atoms with Crippen LogP contribution in [0.5, 0.6) is 0 Å². The van der Waals surface area contributed by atoms with Crippen molar-refractivity contribution in [2.45, 2.75) is 6.42 Å². The molecule has 1 heterocycles. The number of hydrogen-bond donors (Lipinski definition) is 2. The molecule has 2 aromatic rings. The minimum absolute atomic E-state index is 0.243. The third-order valence-electron chi connectivity index (χ3n) is 2.80. The van der Waals surface area contributed by atoms with Crippen LogP contribution in [0.15, 0.2) is 30.3 Å². The number of nitrogens with one attached hydrogen (secondary N) is 1. The lowest BCUT2D eigenvalue weighted by Gasteiger charge is -2.13. The van der Waals surface area contributed by atoms with Gasteiger partial charge in [0.1, 0.15) is 5.82 Å². The molecule has 1 aromatic carbocycles. The van der Waals surface area contributed by atoms with Gasteiger partial charge in [-0.15, -0.1) is 0 Å². The third kappa shape index (κ3) is 3.54. The van der Waals surface area contributed by atoms with Gasteiger partial charge in [0.2, 0.25) is 0 Å². The van der Waals surface area contributed by atoms with Gasteiger partial charge >= 0.3 is 0 Å². The zero-order valence-electron chi connectivity index (χ0n) is 11.0. The molecule has 0 aliphatic carbocycles. The van der Waals surface area contributed by atoms with Crippen LogP contribution >= 0.6 is 23.2 Å². The number of rotatable bonds is 5. The van der Waals surface area contributed by atoms with Crippen molar-refractivity contribution < 1.29 is 4.74 Å². The Morgan fingerprint density at radius 3 is 2.75 bits per heavy atom. The number of benzene rings is 1. The van der Waals surface area contributed by atoms with E-state index in [1.54, 1.807) is 13.2 Å². The molecule has 6 heteroatoms. The van der Waals surface area contributed by atoms with Crippen LogP contribution < -0.4 is 11.1 Å². The molecule has 0 saturated carbocycles. The second kappa shape index (κ2) is 6.79. The minimum Gasteiger partial charge on any atom is -0.384 e. The Bertz CT molecular complexity index is 605. The molecule has 1 aromatic heterocycles. The number of pyridine rings is 1. The molecule has 0 radical (unpaired) electrons. The maximum atomic E-state index is 6.12. The van der Waals surface area contributed by atoms with E-state index in [-0.39, 0.29) is 5.82 Å². The van der Waals surface area contributed by atoms with Gasteiger partial charge in [-0.05, 0) is 24.1 Å². The van der Waals surface area contributed by atoms with Crippen molar-refractivity contribution in [3.05, 3.63) is 45.9 Å². The van der Waals surface area contributed by atoms with Crippen molar-refractivity contribution in [2.75, 3.05) is 24.8 Å². The number of methoxy groups -OCH3 is 1. The Kier molecular flexibility index (Phi) is 5.06. The van der Waals surface area contributed by atoms with Crippen LogP contribution in [0.25, 0.3) is 0 Å². The van der Waals surface area contributed by atoms with Crippen LogP contribution in [0.2, 0.25) is 10.0 Å². The zero-order chi connectivity index (χ0) is 14.5. The lowest BCUT2D eigenvalue weighted by atomic mass is 10.1. The van der Waals surface area contributed by atoms with Gasteiger partial charge in [-0.25, -0.2) is 4.98 Å². The normalized spacial score (nSPS) is 10.6. The number of nitrogen functional groups attached to an aromatic ring is 1. The number of nitrogens with two attached hydrogens (primary N) is 1. The minimum atomic E-state index is 0.243. The Hall–Kier alpha value is -1.49. The third-order valence-corrected chi connectivity index (χ3v) is 3.39. The molecular weight excluding hydrogens is 297 g/mol. The number of para-hydroxylation sites is 1. The van der Waals surface area contributed by atoms with Gasteiger partial charge in [0, 0.05) is 12.8 Å². The Balaban J connectivity index is 2.28. The molecule has 0 atom stereocenters. The SMILES string of the molecule is COCCc1ccccc1Nc1nc(N)c(Cl)cc1Cl. The van der Waals surface area contributed by atoms with E-state index < -0.39 is 0 Å². The summed E-state index contributed by atoms with van der Waals surface area (Å²) < 4.78 is 5.10. The fraction of sp³-hybridized carbons (Fsp3) is 0.214. The van der Waals surface area contributed by atoms with Crippen molar-refractivity contribution in [1.29, 1.82) is 0 Å². The summed E-state index contributed by atoms with van der Waals surface area (Å²) in [5, 5.41) is 3.94. The standard InChI is InChI=1S/C14H15Cl2N3O/c1-20-7-6-9-4-2-3-5-12(9)18-14-11(16)8-10(15)13(17)19-14/h2-5,8H,6-7H2,1H3,(H3,17,18,19). The zero-order valence-corrected chi connectivity index (χ0v) is 12.5. The number of ether oxygens (including phenoxy) is 1. The summed E-state index contributed by atoms with van der Waals surface area (Å²) in [6.07, 6.45) is 0.792. The van der Waals surface area contributed by atoms with Gasteiger partial charge in [0.25, 0.3) is 0 Å². The molecule has 0 unspecified atom stereocenters. The van der Waals surface area contributed by atoms with E-state index in [1.165, 1.54) is 0 Å². The molecule has 3 N–H and O–H groups in total. The van der Waals surface area contributed by atoms with Crippen LogP contribution in [-0.4, -0.2) is 18.7 Å². The molecule has 0 aliphatic rings. The quantitative estimate of drug-likeness (QED) is 0.879. The van der Waals surface area contributed by atoms with E-state index in [2.05, 4.69) is 10.3 Å². The molecule has 2 rings (SSSR count). The predicted molar refractivity (Wildman–Crippen MR) is 84.0 cm³/mol. The maximum absolute atomic E-state index is 6.12. The van der Waals surface area contributed by atoms with Gasteiger partial charge < -0.3 is 15.8 Å². The van der Waals surface area contributed by atoms with Crippen LogP contribution in [0.1, 0.15) is 5.56 Å². The number of hydrogen-bond acceptors (Lipinski definition) is 4. The average Bonchev–Trinajstić information content (AvgIpc) is 2.44. The second-order valence-electron chi connectivity index (χ2n) is 4.21. The smallest absolute Gasteiger partial charge is 0.151 e. The number of nitrogens with zero attached hydrogens (tertiary/aromatic N) is 1. The highest BCUT2D eigenvalue weighted by Crippen LogP contribution is 2.30. The monoisotopic (exact) mass is 311 g/mol. The average molecular weight is 312 g/mol. The molecule has 0 amide bonds. The van der Waals surface area contributed by atoms with Crippen molar-refractivity contribution in [3.63, 3.8) is 0 Å².